The Hall–Kier alpha value is -2.84. The van der Waals surface area contributed by atoms with Crippen molar-refractivity contribution in [3.05, 3.63) is 79.4 Å². The molecule has 0 aliphatic carbocycles. The molecule has 0 spiro atoms. The van der Waals surface area contributed by atoms with E-state index in [0.29, 0.717) is 24.1 Å². The molecule has 1 aliphatic heterocycles. The SMILES string of the molecule is CN1CCc2ccc([N+](=O)[O-])cc2C1(O)c1cccc([N+](=O)[O-])c1. The summed E-state index contributed by atoms with van der Waals surface area (Å²) in [5, 5.41) is 33.5. The number of rotatable bonds is 3. The largest absolute Gasteiger partial charge is 0.367 e. The zero-order valence-corrected chi connectivity index (χ0v) is 12.9. The summed E-state index contributed by atoms with van der Waals surface area (Å²) in [6.07, 6.45) is 0.626. The van der Waals surface area contributed by atoms with Gasteiger partial charge in [-0.1, -0.05) is 18.2 Å². The minimum atomic E-state index is -1.66. The first-order chi connectivity index (χ1) is 11.3. The van der Waals surface area contributed by atoms with Gasteiger partial charge in [0, 0.05) is 41.9 Å². The summed E-state index contributed by atoms with van der Waals surface area (Å²) >= 11 is 0. The number of nitro benzene ring substituents is 2. The van der Waals surface area contributed by atoms with Crippen molar-refractivity contribution in [2.45, 2.75) is 12.1 Å². The average Bonchev–Trinajstić information content (AvgIpc) is 2.58. The predicted octanol–water partition coefficient (Wildman–Crippen LogP) is 2.18. The van der Waals surface area contributed by atoms with Crippen LogP contribution in [0.15, 0.2) is 42.5 Å². The van der Waals surface area contributed by atoms with Crippen LogP contribution >= 0.6 is 0 Å². The van der Waals surface area contributed by atoms with E-state index >= 15 is 0 Å². The number of non-ortho nitro benzene ring substituents is 2. The van der Waals surface area contributed by atoms with E-state index in [1.807, 2.05) is 0 Å². The molecule has 1 unspecified atom stereocenters. The molecule has 8 nitrogen and oxygen atoms in total. The molecule has 0 saturated heterocycles. The summed E-state index contributed by atoms with van der Waals surface area (Å²) in [5.74, 6) is 0. The van der Waals surface area contributed by atoms with Gasteiger partial charge < -0.3 is 5.11 Å². The molecule has 124 valence electrons. The molecule has 0 fully saturated rings. The number of nitro groups is 2. The normalized spacial score (nSPS) is 20.4. The predicted molar refractivity (Wildman–Crippen MR) is 85.5 cm³/mol. The molecule has 2 aromatic carbocycles. The maximum Gasteiger partial charge on any atom is 0.269 e. The second kappa shape index (κ2) is 5.66. The lowest BCUT2D eigenvalue weighted by Gasteiger charge is -2.42. The van der Waals surface area contributed by atoms with Crippen LogP contribution in [0.25, 0.3) is 0 Å². The standard InChI is InChI=1S/C16H15N3O5/c1-17-8-7-11-5-6-14(19(23)24)10-15(11)16(17,20)12-3-2-4-13(9-12)18(21)22/h2-6,9-10,20H,7-8H2,1H3. The molecule has 2 aromatic rings. The van der Waals surface area contributed by atoms with Crippen molar-refractivity contribution in [1.29, 1.82) is 0 Å². The Bertz CT molecular complexity index is 838. The van der Waals surface area contributed by atoms with E-state index in [0.717, 1.165) is 5.56 Å². The fourth-order valence-corrected chi connectivity index (χ4v) is 3.09. The molecule has 0 bridgehead atoms. The maximum absolute atomic E-state index is 11.4. The monoisotopic (exact) mass is 329 g/mol. The molecule has 1 heterocycles. The molecule has 1 aliphatic rings. The fourth-order valence-electron chi connectivity index (χ4n) is 3.09. The lowest BCUT2D eigenvalue weighted by Crippen LogP contribution is -2.49. The molecular formula is C16H15N3O5. The maximum atomic E-state index is 11.4. The van der Waals surface area contributed by atoms with Crippen molar-refractivity contribution in [3.8, 4) is 0 Å². The van der Waals surface area contributed by atoms with Crippen LogP contribution < -0.4 is 0 Å². The summed E-state index contributed by atoms with van der Waals surface area (Å²) in [6.45, 7) is 0.518. The number of likely N-dealkylation sites (N-methyl/N-ethyl adjacent to an activating group) is 1. The molecule has 0 amide bonds. The Kier molecular flexibility index (Phi) is 3.78. The molecule has 0 radical (unpaired) electrons. The first-order valence-corrected chi connectivity index (χ1v) is 7.30. The highest BCUT2D eigenvalue weighted by Crippen LogP contribution is 2.40. The smallest absolute Gasteiger partial charge is 0.269 e. The van der Waals surface area contributed by atoms with Crippen LogP contribution in [0.2, 0.25) is 0 Å². The first-order valence-electron chi connectivity index (χ1n) is 7.30. The van der Waals surface area contributed by atoms with Crippen LogP contribution in [-0.2, 0) is 12.1 Å². The lowest BCUT2D eigenvalue weighted by molar-refractivity contribution is -0.385. The Labute approximate surface area is 137 Å². The highest BCUT2D eigenvalue weighted by Gasteiger charge is 2.42. The zero-order chi connectivity index (χ0) is 17.5. The van der Waals surface area contributed by atoms with Crippen LogP contribution in [-0.4, -0.2) is 33.4 Å². The van der Waals surface area contributed by atoms with Crippen LogP contribution in [0.4, 0.5) is 11.4 Å². The minimum Gasteiger partial charge on any atom is -0.367 e. The van der Waals surface area contributed by atoms with Gasteiger partial charge in [-0.15, -0.1) is 0 Å². The molecule has 0 saturated carbocycles. The number of benzene rings is 2. The van der Waals surface area contributed by atoms with Gasteiger partial charge in [-0.25, -0.2) is 0 Å². The molecule has 24 heavy (non-hydrogen) atoms. The molecule has 1 atom stereocenters. The number of hydrogen-bond donors (Lipinski definition) is 1. The van der Waals surface area contributed by atoms with Crippen LogP contribution in [0.1, 0.15) is 16.7 Å². The average molecular weight is 329 g/mol. The molecular weight excluding hydrogens is 314 g/mol. The van der Waals surface area contributed by atoms with Gasteiger partial charge >= 0.3 is 0 Å². The van der Waals surface area contributed by atoms with Crippen molar-refractivity contribution in [2.75, 3.05) is 13.6 Å². The first kappa shape index (κ1) is 16.0. The zero-order valence-electron chi connectivity index (χ0n) is 12.9. The minimum absolute atomic E-state index is 0.132. The van der Waals surface area contributed by atoms with Gasteiger partial charge in [-0.05, 0) is 19.0 Å². The van der Waals surface area contributed by atoms with Gasteiger partial charge in [-0.2, -0.15) is 0 Å². The van der Waals surface area contributed by atoms with Crippen LogP contribution in [0.3, 0.4) is 0 Å². The molecule has 8 heteroatoms. The summed E-state index contributed by atoms with van der Waals surface area (Å²) in [4.78, 5) is 22.7. The molecule has 3 rings (SSSR count). The number of nitrogens with zero attached hydrogens (tertiary/aromatic N) is 3. The summed E-state index contributed by atoms with van der Waals surface area (Å²) in [6, 6.07) is 10.1. The fraction of sp³-hybridized carbons (Fsp3) is 0.250. The summed E-state index contributed by atoms with van der Waals surface area (Å²) in [5.41, 5.74) is -0.467. The summed E-state index contributed by atoms with van der Waals surface area (Å²) < 4.78 is 0. The van der Waals surface area contributed by atoms with Crippen molar-refractivity contribution in [1.82, 2.24) is 4.90 Å². The van der Waals surface area contributed by atoms with Crippen LogP contribution in [0.5, 0.6) is 0 Å². The summed E-state index contributed by atoms with van der Waals surface area (Å²) in [7, 11) is 1.68. The van der Waals surface area contributed by atoms with Gasteiger partial charge in [0.2, 0.25) is 0 Å². The third kappa shape index (κ3) is 2.41. The molecule has 0 aromatic heterocycles. The van der Waals surface area contributed by atoms with Crippen molar-refractivity contribution >= 4 is 11.4 Å². The van der Waals surface area contributed by atoms with Crippen molar-refractivity contribution in [3.63, 3.8) is 0 Å². The van der Waals surface area contributed by atoms with E-state index in [1.165, 1.54) is 30.3 Å². The van der Waals surface area contributed by atoms with Crippen molar-refractivity contribution in [2.24, 2.45) is 0 Å². The van der Waals surface area contributed by atoms with E-state index in [1.54, 1.807) is 24.1 Å². The number of fused-ring (bicyclic) bond motifs is 1. The lowest BCUT2D eigenvalue weighted by atomic mass is 9.84. The van der Waals surface area contributed by atoms with E-state index in [4.69, 9.17) is 0 Å². The van der Waals surface area contributed by atoms with E-state index < -0.39 is 15.6 Å². The van der Waals surface area contributed by atoms with Gasteiger partial charge in [0.25, 0.3) is 11.4 Å². The van der Waals surface area contributed by atoms with Crippen molar-refractivity contribution < 1.29 is 15.0 Å². The Morgan fingerprint density at radius 2 is 1.75 bits per heavy atom. The quantitative estimate of drug-likeness (QED) is 0.682. The number of aliphatic hydroxyl groups is 1. The topological polar surface area (TPSA) is 110 Å². The van der Waals surface area contributed by atoms with Gasteiger partial charge in [0.15, 0.2) is 5.72 Å². The Morgan fingerprint density at radius 3 is 2.42 bits per heavy atom. The van der Waals surface area contributed by atoms with E-state index in [2.05, 4.69) is 0 Å². The van der Waals surface area contributed by atoms with Gasteiger partial charge in [-0.3, -0.25) is 25.1 Å². The van der Waals surface area contributed by atoms with Gasteiger partial charge in [0.05, 0.1) is 9.85 Å². The van der Waals surface area contributed by atoms with Gasteiger partial charge in [0.1, 0.15) is 0 Å². The second-order valence-electron chi connectivity index (χ2n) is 5.75. The Morgan fingerprint density at radius 1 is 1.08 bits per heavy atom. The third-order valence-corrected chi connectivity index (χ3v) is 4.41. The van der Waals surface area contributed by atoms with Crippen LogP contribution in [0, 0.1) is 20.2 Å². The van der Waals surface area contributed by atoms with E-state index in [9.17, 15) is 25.3 Å². The molecule has 1 N–H and O–H groups in total. The second-order valence-corrected chi connectivity index (χ2v) is 5.75. The third-order valence-electron chi connectivity index (χ3n) is 4.41. The highest BCUT2D eigenvalue weighted by atomic mass is 16.6. The number of hydrogen-bond acceptors (Lipinski definition) is 6. The van der Waals surface area contributed by atoms with E-state index in [-0.39, 0.29) is 11.4 Å². The highest BCUT2D eigenvalue weighted by molar-refractivity contribution is 5.50. The Balaban J connectivity index is 2.23.